The van der Waals surface area contributed by atoms with Gasteiger partial charge in [-0.3, -0.25) is 0 Å². The maximum Gasteiger partial charge on any atom is 0.407 e. The molecule has 1 atom stereocenters. The number of allylic oxidation sites excluding steroid dienone is 1. The Kier molecular flexibility index (Phi) is 13.4. The Bertz CT molecular complexity index is 339. The van der Waals surface area contributed by atoms with E-state index in [2.05, 4.69) is 11.4 Å². The zero-order chi connectivity index (χ0) is 17.3. The molecule has 7 nitrogen and oxygen atoms in total. The summed E-state index contributed by atoms with van der Waals surface area (Å²) in [5.41, 5.74) is 5.30. The fourth-order valence-electron chi connectivity index (χ4n) is 2.26. The molecule has 0 aromatic heterocycles. The Morgan fingerprint density at radius 2 is 1.71 bits per heavy atom. The van der Waals surface area contributed by atoms with Gasteiger partial charge in [0, 0.05) is 13.1 Å². The lowest BCUT2D eigenvalue weighted by Gasteiger charge is -2.16. The van der Waals surface area contributed by atoms with Crippen molar-refractivity contribution in [1.29, 1.82) is 0 Å². The van der Waals surface area contributed by atoms with Crippen molar-refractivity contribution in [3.63, 3.8) is 0 Å². The van der Waals surface area contributed by atoms with Gasteiger partial charge in [-0.1, -0.05) is 12.5 Å². The molecule has 0 radical (unpaired) electrons. The van der Waals surface area contributed by atoms with Crippen LogP contribution in [0.1, 0.15) is 32.1 Å². The number of carbonyl (C=O) groups excluding carboxylic acids is 1. The van der Waals surface area contributed by atoms with E-state index >= 15 is 0 Å². The summed E-state index contributed by atoms with van der Waals surface area (Å²) in [6, 6.07) is 0. The number of alkyl carbamates (subject to hydrolysis) is 1. The minimum atomic E-state index is -0.387. The quantitative estimate of drug-likeness (QED) is 0.413. The second-order valence-corrected chi connectivity index (χ2v) is 5.56. The van der Waals surface area contributed by atoms with Crippen LogP contribution in [0.15, 0.2) is 12.2 Å². The van der Waals surface area contributed by atoms with Crippen LogP contribution in [0.5, 0.6) is 0 Å². The number of ether oxygens (including phenoxy) is 4. The first-order valence-corrected chi connectivity index (χ1v) is 8.87. The van der Waals surface area contributed by atoms with E-state index < -0.39 is 0 Å². The van der Waals surface area contributed by atoms with Crippen molar-refractivity contribution >= 4 is 6.09 Å². The molecule has 1 rings (SSSR count). The van der Waals surface area contributed by atoms with Crippen molar-refractivity contribution in [1.82, 2.24) is 5.32 Å². The molecule has 0 aliphatic heterocycles. The number of carbonyl (C=O) groups is 1. The van der Waals surface area contributed by atoms with E-state index in [1.165, 1.54) is 12.8 Å². The Labute approximate surface area is 144 Å². The van der Waals surface area contributed by atoms with E-state index in [-0.39, 0.29) is 12.2 Å². The Morgan fingerprint density at radius 1 is 1.00 bits per heavy atom. The molecule has 0 bridgehead atoms. The smallest absolute Gasteiger partial charge is 0.407 e. The molecule has 3 N–H and O–H groups in total. The third-order valence-corrected chi connectivity index (χ3v) is 3.49. The molecule has 1 amide bonds. The van der Waals surface area contributed by atoms with E-state index in [0.29, 0.717) is 52.7 Å². The summed E-state index contributed by atoms with van der Waals surface area (Å²) >= 11 is 0. The summed E-state index contributed by atoms with van der Waals surface area (Å²) in [6.07, 6.45) is 9.07. The lowest BCUT2D eigenvalue weighted by molar-refractivity contribution is 0.0163. The van der Waals surface area contributed by atoms with Crippen molar-refractivity contribution in [3.8, 4) is 0 Å². The predicted molar refractivity (Wildman–Crippen MR) is 92.0 cm³/mol. The fourth-order valence-corrected chi connectivity index (χ4v) is 2.26. The molecule has 140 valence electrons. The van der Waals surface area contributed by atoms with Gasteiger partial charge in [0.2, 0.25) is 0 Å². The molecule has 1 unspecified atom stereocenters. The van der Waals surface area contributed by atoms with Crippen LogP contribution in [0, 0.1) is 0 Å². The van der Waals surface area contributed by atoms with Crippen molar-refractivity contribution < 1.29 is 23.7 Å². The molecule has 0 heterocycles. The van der Waals surface area contributed by atoms with E-state index in [9.17, 15) is 4.79 Å². The average molecular weight is 344 g/mol. The van der Waals surface area contributed by atoms with Crippen LogP contribution in [0.2, 0.25) is 0 Å². The number of hydrogen-bond acceptors (Lipinski definition) is 6. The SMILES string of the molecule is NCCOCCOCCOCCNC(=O)OC1/C=C/CCCCC1. The van der Waals surface area contributed by atoms with Crippen LogP contribution in [0.4, 0.5) is 4.79 Å². The third kappa shape index (κ3) is 12.3. The van der Waals surface area contributed by atoms with Gasteiger partial charge in [-0.2, -0.15) is 0 Å². The van der Waals surface area contributed by atoms with Crippen molar-refractivity contribution in [2.45, 2.75) is 38.2 Å². The molecule has 0 aromatic carbocycles. The normalized spacial score (nSPS) is 19.3. The van der Waals surface area contributed by atoms with E-state index in [1.807, 2.05) is 6.08 Å². The zero-order valence-corrected chi connectivity index (χ0v) is 14.5. The molecular weight excluding hydrogens is 312 g/mol. The Hall–Kier alpha value is -1.15. The van der Waals surface area contributed by atoms with Gasteiger partial charge in [0.25, 0.3) is 0 Å². The molecule has 0 saturated carbocycles. The predicted octanol–water partition coefficient (Wildman–Crippen LogP) is 1.61. The maximum atomic E-state index is 11.7. The summed E-state index contributed by atoms with van der Waals surface area (Å²) in [5.74, 6) is 0. The largest absolute Gasteiger partial charge is 0.442 e. The molecular formula is C17H32N2O5. The van der Waals surface area contributed by atoms with Gasteiger partial charge < -0.3 is 30.0 Å². The topological polar surface area (TPSA) is 92.0 Å². The Balaban J connectivity index is 1.89. The molecule has 24 heavy (non-hydrogen) atoms. The second-order valence-electron chi connectivity index (χ2n) is 5.56. The first-order chi connectivity index (χ1) is 11.8. The van der Waals surface area contributed by atoms with Crippen LogP contribution < -0.4 is 11.1 Å². The zero-order valence-electron chi connectivity index (χ0n) is 14.5. The highest BCUT2D eigenvalue weighted by Gasteiger charge is 2.11. The third-order valence-electron chi connectivity index (χ3n) is 3.49. The van der Waals surface area contributed by atoms with Gasteiger partial charge in [0.05, 0.1) is 39.6 Å². The monoisotopic (exact) mass is 344 g/mol. The van der Waals surface area contributed by atoms with E-state index in [1.54, 1.807) is 0 Å². The highest BCUT2D eigenvalue weighted by atomic mass is 16.6. The summed E-state index contributed by atoms with van der Waals surface area (Å²) < 4.78 is 21.2. The van der Waals surface area contributed by atoms with Gasteiger partial charge in [-0.25, -0.2) is 4.79 Å². The van der Waals surface area contributed by atoms with Gasteiger partial charge in [-0.05, 0) is 31.8 Å². The van der Waals surface area contributed by atoms with Crippen LogP contribution in [-0.2, 0) is 18.9 Å². The summed E-state index contributed by atoms with van der Waals surface area (Å²) in [5, 5.41) is 2.70. The summed E-state index contributed by atoms with van der Waals surface area (Å²) in [4.78, 5) is 11.7. The molecule has 0 spiro atoms. The lowest BCUT2D eigenvalue weighted by Crippen LogP contribution is -2.31. The van der Waals surface area contributed by atoms with E-state index in [0.717, 1.165) is 19.3 Å². The lowest BCUT2D eigenvalue weighted by atomic mass is 10.0. The summed E-state index contributed by atoms with van der Waals surface area (Å²) in [6.45, 7) is 4.00. The maximum absolute atomic E-state index is 11.7. The van der Waals surface area contributed by atoms with Gasteiger partial charge in [0.1, 0.15) is 6.10 Å². The highest BCUT2D eigenvalue weighted by molar-refractivity contribution is 5.67. The first-order valence-electron chi connectivity index (χ1n) is 8.87. The Morgan fingerprint density at radius 3 is 2.46 bits per heavy atom. The van der Waals surface area contributed by atoms with Gasteiger partial charge in [-0.15, -0.1) is 0 Å². The number of rotatable bonds is 12. The van der Waals surface area contributed by atoms with Crippen LogP contribution in [-0.4, -0.2) is 64.9 Å². The fraction of sp³-hybridized carbons (Fsp3) is 0.824. The highest BCUT2D eigenvalue weighted by Crippen LogP contribution is 2.14. The first kappa shape index (κ1) is 20.9. The van der Waals surface area contributed by atoms with E-state index in [4.69, 9.17) is 24.7 Å². The molecule has 1 aliphatic carbocycles. The van der Waals surface area contributed by atoms with Crippen LogP contribution in [0.25, 0.3) is 0 Å². The number of nitrogens with two attached hydrogens (primary N) is 1. The molecule has 0 aromatic rings. The van der Waals surface area contributed by atoms with Gasteiger partial charge >= 0.3 is 6.09 Å². The molecule has 7 heteroatoms. The number of amides is 1. The second kappa shape index (κ2) is 15.4. The molecule has 0 fully saturated rings. The number of nitrogens with one attached hydrogen (secondary N) is 1. The standard InChI is InChI=1S/C17H32N2O5/c18-8-10-21-12-14-23-15-13-22-11-9-19-17(20)24-16-6-4-2-1-3-5-7-16/h4,6,16H,1-3,5,7-15,18H2,(H,19,20)/b6-4+. The van der Waals surface area contributed by atoms with Gasteiger partial charge in [0.15, 0.2) is 0 Å². The minimum absolute atomic E-state index is 0.110. The minimum Gasteiger partial charge on any atom is -0.442 e. The summed E-state index contributed by atoms with van der Waals surface area (Å²) in [7, 11) is 0. The average Bonchev–Trinajstić information content (AvgIpc) is 2.55. The van der Waals surface area contributed by atoms with Crippen LogP contribution >= 0.6 is 0 Å². The molecule has 1 aliphatic rings. The van der Waals surface area contributed by atoms with Crippen molar-refractivity contribution in [2.75, 3.05) is 52.7 Å². The molecule has 0 saturated heterocycles. The van der Waals surface area contributed by atoms with Crippen molar-refractivity contribution in [3.05, 3.63) is 12.2 Å². The number of hydrogen-bond donors (Lipinski definition) is 2. The van der Waals surface area contributed by atoms with Crippen LogP contribution in [0.3, 0.4) is 0 Å². The van der Waals surface area contributed by atoms with Crippen molar-refractivity contribution in [2.24, 2.45) is 5.73 Å².